The lowest BCUT2D eigenvalue weighted by Gasteiger charge is -2.16. The molecule has 1 aromatic carbocycles. The zero-order chi connectivity index (χ0) is 15.6. The van der Waals surface area contributed by atoms with Crippen LogP contribution in [0.4, 0.5) is 0 Å². The Morgan fingerprint density at radius 1 is 1.38 bits per heavy atom. The predicted octanol–water partition coefficient (Wildman–Crippen LogP) is 3.43. The third kappa shape index (κ3) is 4.11. The van der Waals surface area contributed by atoms with Gasteiger partial charge in [0.05, 0.1) is 15.5 Å². The highest BCUT2D eigenvalue weighted by atomic mass is 35.7. The van der Waals surface area contributed by atoms with E-state index < -0.39 is 9.05 Å². The van der Waals surface area contributed by atoms with Crippen LogP contribution in [0.1, 0.15) is 36.5 Å². The average molecular weight is 350 g/mol. The SMILES string of the molecule is CC1CCCC1CNC(=O)c1cc(S(=O)(=O)Cl)ccc1Cl. The van der Waals surface area contributed by atoms with Crippen molar-refractivity contribution in [3.8, 4) is 0 Å². The van der Waals surface area contributed by atoms with Crippen LogP contribution in [-0.2, 0) is 9.05 Å². The highest BCUT2D eigenvalue weighted by molar-refractivity contribution is 8.13. The molecular weight excluding hydrogens is 333 g/mol. The minimum atomic E-state index is -3.88. The van der Waals surface area contributed by atoms with Crippen LogP contribution in [0, 0.1) is 11.8 Å². The third-order valence-electron chi connectivity index (χ3n) is 4.03. The number of carbonyl (C=O) groups is 1. The first-order valence-corrected chi connectivity index (χ1v) is 9.50. The number of amides is 1. The number of rotatable bonds is 4. The van der Waals surface area contributed by atoms with Crippen LogP contribution >= 0.6 is 22.3 Å². The summed E-state index contributed by atoms with van der Waals surface area (Å²) in [6.45, 7) is 2.76. The van der Waals surface area contributed by atoms with Gasteiger partial charge in [0.25, 0.3) is 15.0 Å². The van der Waals surface area contributed by atoms with E-state index in [2.05, 4.69) is 12.2 Å². The Bertz CT molecular complexity index is 646. The fourth-order valence-corrected chi connectivity index (χ4v) is 3.66. The van der Waals surface area contributed by atoms with Crippen molar-refractivity contribution in [2.45, 2.75) is 31.1 Å². The summed E-state index contributed by atoms with van der Waals surface area (Å²) in [6, 6.07) is 3.85. The second-order valence-corrected chi connectivity index (χ2v) is 8.43. The van der Waals surface area contributed by atoms with E-state index in [0.29, 0.717) is 18.4 Å². The summed E-state index contributed by atoms with van der Waals surface area (Å²) in [5, 5.41) is 3.03. The van der Waals surface area contributed by atoms with Gasteiger partial charge in [-0.25, -0.2) is 8.42 Å². The largest absolute Gasteiger partial charge is 0.352 e. The number of hydrogen-bond donors (Lipinski definition) is 1. The molecule has 21 heavy (non-hydrogen) atoms. The van der Waals surface area contributed by atoms with E-state index in [0.717, 1.165) is 6.42 Å². The molecule has 116 valence electrons. The minimum absolute atomic E-state index is 0.129. The van der Waals surface area contributed by atoms with Crippen molar-refractivity contribution >= 4 is 37.2 Å². The van der Waals surface area contributed by atoms with Gasteiger partial charge in [-0.05, 0) is 36.5 Å². The summed E-state index contributed by atoms with van der Waals surface area (Å²) in [5.74, 6) is 0.685. The molecule has 0 spiro atoms. The van der Waals surface area contributed by atoms with Gasteiger partial charge < -0.3 is 5.32 Å². The van der Waals surface area contributed by atoms with E-state index >= 15 is 0 Å². The standard InChI is InChI=1S/C14H17Cl2NO3S/c1-9-3-2-4-10(9)8-17-14(18)12-7-11(21(16,19)20)5-6-13(12)15/h5-7,9-10H,2-4,8H2,1H3,(H,17,18). The Labute approximate surface area is 134 Å². The lowest BCUT2D eigenvalue weighted by atomic mass is 9.98. The molecule has 2 atom stereocenters. The number of nitrogens with one attached hydrogen (secondary N) is 1. The maximum atomic E-state index is 12.2. The first-order valence-electron chi connectivity index (χ1n) is 6.81. The Kier molecular flexibility index (Phi) is 5.17. The molecule has 0 aromatic heterocycles. The average Bonchev–Trinajstić information content (AvgIpc) is 2.80. The van der Waals surface area contributed by atoms with Gasteiger partial charge in [-0.15, -0.1) is 0 Å². The van der Waals surface area contributed by atoms with Crippen molar-refractivity contribution in [1.82, 2.24) is 5.32 Å². The molecule has 2 rings (SSSR count). The maximum absolute atomic E-state index is 12.2. The number of carbonyl (C=O) groups excluding carboxylic acids is 1. The quantitative estimate of drug-likeness (QED) is 0.846. The molecule has 4 nitrogen and oxygen atoms in total. The Morgan fingerprint density at radius 3 is 2.67 bits per heavy atom. The third-order valence-corrected chi connectivity index (χ3v) is 5.71. The first kappa shape index (κ1) is 16.6. The molecule has 1 fully saturated rings. The van der Waals surface area contributed by atoms with Gasteiger partial charge in [0.15, 0.2) is 0 Å². The molecule has 1 N–H and O–H groups in total. The summed E-state index contributed by atoms with van der Waals surface area (Å²) >= 11 is 5.97. The molecule has 2 unspecified atom stereocenters. The van der Waals surface area contributed by atoms with Crippen molar-refractivity contribution in [2.24, 2.45) is 11.8 Å². The topological polar surface area (TPSA) is 63.2 Å². The van der Waals surface area contributed by atoms with Gasteiger partial charge in [-0.2, -0.15) is 0 Å². The van der Waals surface area contributed by atoms with Crippen molar-refractivity contribution < 1.29 is 13.2 Å². The molecule has 0 radical (unpaired) electrons. The molecule has 1 aliphatic carbocycles. The van der Waals surface area contributed by atoms with Crippen molar-refractivity contribution in [1.29, 1.82) is 0 Å². The van der Waals surface area contributed by atoms with Crippen LogP contribution in [0.2, 0.25) is 5.02 Å². The van der Waals surface area contributed by atoms with E-state index in [1.54, 1.807) is 0 Å². The Hall–Kier alpha value is -0.780. The van der Waals surface area contributed by atoms with E-state index in [9.17, 15) is 13.2 Å². The summed E-state index contributed by atoms with van der Waals surface area (Å²) in [7, 11) is 1.40. The fraction of sp³-hybridized carbons (Fsp3) is 0.500. The van der Waals surface area contributed by atoms with Crippen LogP contribution in [0.25, 0.3) is 0 Å². The molecule has 0 bridgehead atoms. The van der Waals surface area contributed by atoms with E-state index in [1.807, 2.05) is 0 Å². The van der Waals surface area contributed by atoms with Gasteiger partial charge >= 0.3 is 0 Å². The smallest absolute Gasteiger partial charge is 0.261 e. The molecule has 1 amide bonds. The summed E-state index contributed by atoms with van der Waals surface area (Å²) in [4.78, 5) is 12.0. The van der Waals surface area contributed by atoms with Gasteiger partial charge in [0.1, 0.15) is 0 Å². The monoisotopic (exact) mass is 349 g/mol. The molecule has 0 heterocycles. The molecule has 1 saturated carbocycles. The van der Waals surface area contributed by atoms with E-state index in [1.165, 1.54) is 31.0 Å². The molecule has 0 saturated heterocycles. The first-order chi connectivity index (χ1) is 9.79. The van der Waals surface area contributed by atoms with Gasteiger partial charge in [-0.1, -0.05) is 31.4 Å². The second kappa shape index (κ2) is 6.55. The normalized spacial score (nSPS) is 22.2. The zero-order valence-electron chi connectivity index (χ0n) is 11.6. The van der Waals surface area contributed by atoms with Gasteiger partial charge in [-0.3, -0.25) is 4.79 Å². The van der Waals surface area contributed by atoms with Crippen LogP contribution in [0.15, 0.2) is 23.1 Å². The lowest BCUT2D eigenvalue weighted by Crippen LogP contribution is -2.30. The highest BCUT2D eigenvalue weighted by Gasteiger charge is 2.24. The number of halogens is 2. The number of hydrogen-bond acceptors (Lipinski definition) is 3. The highest BCUT2D eigenvalue weighted by Crippen LogP contribution is 2.30. The van der Waals surface area contributed by atoms with Crippen molar-refractivity contribution in [3.05, 3.63) is 28.8 Å². The zero-order valence-corrected chi connectivity index (χ0v) is 13.9. The Balaban J connectivity index is 2.11. The van der Waals surface area contributed by atoms with Crippen LogP contribution in [0.3, 0.4) is 0 Å². The van der Waals surface area contributed by atoms with Crippen molar-refractivity contribution in [3.63, 3.8) is 0 Å². The fourth-order valence-electron chi connectivity index (χ4n) is 2.67. The molecule has 7 heteroatoms. The summed E-state index contributed by atoms with van der Waals surface area (Å²) in [5.41, 5.74) is 0.129. The van der Waals surface area contributed by atoms with Crippen LogP contribution in [0.5, 0.6) is 0 Å². The maximum Gasteiger partial charge on any atom is 0.261 e. The molecular formula is C14H17Cl2NO3S. The van der Waals surface area contributed by atoms with Crippen LogP contribution < -0.4 is 5.32 Å². The van der Waals surface area contributed by atoms with E-state index in [-0.39, 0.29) is 21.4 Å². The van der Waals surface area contributed by atoms with Crippen LogP contribution in [-0.4, -0.2) is 20.9 Å². The van der Waals surface area contributed by atoms with E-state index in [4.69, 9.17) is 22.3 Å². The molecule has 1 aromatic rings. The second-order valence-electron chi connectivity index (χ2n) is 5.46. The predicted molar refractivity (Wildman–Crippen MR) is 83.3 cm³/mol. The molecule has 0 aliphatic heterocycles. The van der Waals surface area contributed by atoms with Gasteiger partial charge in [0, 0.05) is 17.2 Å². The molecule has 1 aliphatic rings. The summed E-state index contributed by atoms with van der Waals surface area (Å²) < 4.78 is 22.6. The van der Waals surface area contributed by atoms with Crippen molar-refractivity contribution in [2.75, 3.05) is 6.54 Å². The number of benzene rings is 1. The van der Waals surface area contributed by atoms with Gasteiger partial charge in [0.2, 0.25) is 0 Å². The minimum Gasteiger partial charge on any atom is -0.352 e. The summed E-state index contributed by atoms with van der Waals surface area (Å²) in [6.07, 6.45) is 3.47. The Morgan fingerprint density at radius 2 is 2.10 bits per heavy atom. The lowest BCUT2D eigenvalue weighted by molar-refractivity contribution is 0.0944.